The highest BCUT2D eigenvalue weighted by molar-refractivity contribution is 14.1. The fourth-order valence-corrected chi connectivity index (χ4v) is 3.39. The van der Waals surface area contributed by atoms with E-state index < -0.39 is 0 Å². The quantitative estimate of drug-likeness (QED) is 0.261. The van der Waals surface area contributed by atoms with Crippen LogP contribution < -0.4 is 10.6 Å². The van der Waals surface area contributed by atoms with E-state index in [4.69, 9.17) is 9.47 Å². The van der Waals surface area contributed by atoms with Gasteiger partial charge in [-0.05, 0) is 47.6 Å². The zero-order valence-electron chi connectivity index (χ0n) is 12.7. The van der Waals surface area contributed by atoms with E-state index in [0.29, 0.717) is 13.2 Å². The van der Waals surface area contributed by atoms with Gasteiger partial charge in [0.25, 0.3) is 0 Å². The van der Waals surface area contributed by atoms with Crippen LogP contribution in [0, 0.1) is 2.88 Å². The SMILES string of the molecule is CN=C(NCCCOCCOC)NCCc1ccc(I)s1. The van der Waals surface area contributed by atoms with E-state index >= 15 is 0 Å². The maximum absolute atomic E-state index is 5.41. The monoisotopic (exact) mass is 425 g/mol. The third-order valence-corrected chi connectivity index (χ3v) is 4.66. The minimum Gasteiger partial charge on any atom is -0.382 e. The summed E-state index contributed by atoms with van der Waals surface area (Å²) in [6, 6.07) is 4.33. The minimum atomic E-state index is 0.651. The zero-order valence-corrected chi connectivity index (χ0v) is 15.6. The lowest BCUT2D eigenvalue weighted by Gasteiger charge is -2.11. The Morgan fingerprint density at radius 1 is 1.24 bits per heavy atom. The van der Waals surface area contributed by atoms with Gasteiger partial charge >= 0.3 is 0 Å². The number of rotatable bonds is 10. The Labute approximate surface area is 144 Å². The number of aliphatic imine (C=N–C) groups is 1. The van der Waals surface area contributed by atoms with Crippen molar-refractivity contribution in [3.05, 3.63) is 19.9 Å². The molecule has 1 heterocycles. The van der Waals surface area contributed by atoms with E-state index in [0.717, 1.165) is 38.5 Å². The van der Waals surface area contributed by atoms with Gasteiger partial charge < -0.3 is 20.1 Å². The highest BCUT2D eigenvalue weighted by atomic mass is 127. The van der Waals surface area contributed by atoms with Crippen LogP contribution in [0.4, 0.5) is 0 Å². The molecular formula is C14H24IN3O2S. The maximum atomic E-state index is 5.41. The highest BCUT2D eigenvalue weighted by Gasteiger charge is 2.00. The first-order valence-electron chi connectivity index (χ1n) is 7.01. The van der Waals surface area contributed by atoms with Gasteiger partial charge in [-0.25, -0.2) is 0 Å². The number of thiophene rings is 1. The Balaban J connectivity index is 2.04. The summed E-state index contributed by atoms with van der Waals surface area (Å²) >= 11 is 4.19. The van der Waals surface area contributed by atoms with Crippen LogP contribution >= 0.6 is 33.9 Å². The van der Waals surface area contributed by atoms with Gasteiger partial charge in [0.05, 0.1) is 16.1 Å². The van der Waals surface area contributed by atoms with Gasteiger partial charge in [0.2, 0.25) is 0 Å². The van der Waals surface area contributed by atoms with Crippen LogP contribution in [0.1, 0.15) is 11.3 Å². The number of ether oxygens (including phenoxy) is 2. The van der Waals surface area contributed by atoms with Gasteiger partial charge in [0, 0.05) is 38.7 Å². The number of nitrogens with one attached hydrogen (secondary N) is 2. The first-order valence-corrected chi connectivity index (χ1v) is 8.91. The summed E-state index contributed by atoms with van der Waals surface area (Å²) in [5.74, 6) is 0.846. The standard InChI is InChI=1S/C14H24IN3O2S/c1-16-14(17-7-3-9-20-11-10-19-2)18-8-6-12-4-5-13(15)21-12/h4-5H,3,6-11H2,1-2H3,(H2,16,17,18). The summed E-state index contributed by atoms with van der Waals surface area (Å²) in [5, 5.41) is 6.60. The highest BCUT2D eigenvalue weighted by Crippen LogP contribution is 2.18. The molecule has 0 unspecified atom stereocenters. The first-order chi connectivity index (χ1) is 10.3. The molecule has 0 amide bonds. The number of methoxy groups -OCH3 is 1. The van der Waals surface area contributed by atoms with Crippen molar-refractivity contribution >= 4 is 39.9 Å². The molecule has 0 fully saturated rings. The fourth-order valence-electron chi connectivity index (χ4n) is 1.64. The molecule has 120 valence electrons. The van der Waals surface area contributed by atoms with E-state index in [1.165, 1.54) is 7.76 Å². The largest absolute Gasteiger partial charge is 0.382 e. The Bertz CT molecular complexity index is 413. The molecule has 0 atom stereocenters. The molecule has 0 aromatic carbocycles. The van der Waals surface area contributed by atoms with Crippen LogP contribution in [0.15, 0.2) is 17.1 Å². The maximum Gasteiger partial charge on any atom is 0.190 e. The molecule has 0 saturated carbocycles. The average molecular weight is 425 g/mol. The summed E-state index contributed by atoms with van der Waals surface area (Å²) in [6.45, 7) is 3.78. The molecule has 21 heavy (non-hydrogen) atoms. The molecule has 1 aromatic rings. The minimum absolute atomic E-state index is 0.651. The Morgan fingerprint density at radius 2 is 2.05 bits per heavy atom. The van der Waals surface area contributed by atoms with Crippen molar-refractivity contribution in [3.63, 3.8) is 0 Å². The number of hydrogen-bond acceptors (Lipinski definition) is 4. The molecule has 1 rings (SSSR count). The molecule has 5 nitrogen and oxygen atoms in total. The van der Waals surface area contributed by atoms with Gasteiger partial charge in [0.15, 0.2) is 5.96 Å². The predicted octanol–water partition coefficient (Wildman–Crippen LogP) is 2.11. The van der Waals surface area contributed by atoms with Gasteiger partial charge in [-0.3, -0.25) is 4.99 Å². The van der Waals surface area contributed by atoms with Crippen LogP contribution in [0.5, 0.6) is 0 Å². The van der Waals surface area contributed by atoms with Gasteiger partial charge in [-0.1, -0.05) is 0 Å². The number of hydrogen-bond donors (Lipinski definition) is 2. The third-order valence-electron chi connectivity index (χ3n) is 2.71. The molecule has 2 N–H and O–H groups in total. The van der Waals surface area contributed by atoms with Crippen LogP contribution in [-0.2, 0) is 15.9 Å². The second kappa shape index (κ2) is 12.2. The van der Waals surface area contributed by atoms with Crippen molar-refractivity contribution in [2.45, 2.75) is 12.8 Å². The molecular weight excluding hydrogens is 401 g/mol. The summed E-state index contributed by atoms with van der Waals surface area (Å²) in [7, 11) is 3.47. The van der Waals surface area contributed by atoms with Crippen molar-refractivity contribution < 1.29 is 9.47 Å². The topological polar surface area (TPSA) is 54.9 Å². The molecule has 0 bridgehead atoms. The second-order valence-corrected chi connectivity index (χ2v) is 7.40. The fraction of sp³-hybridized carbons (Fsp3) is 0.643. The van der Waals surface area contributed by atoms with Crippen molar-refractivity contribution in [1.82, 2.24) is 10.6 Å². The lowest BCUT2D eigenvalue weighted by atomic mass is 10.3. The number of nitrogens with zero attached hydrogens (tertiary/aromatic N) is 1. The zero-order chi connectivity index (χ0) is 15.3. The average Bonchev–Trinajstić information content (AvgIpc) is 2.90. The lowest BCUT2D eigenvalue weighted by molar-refractivity contribution is 0.0698. The summed E-state index contributed by atoms with van der Waals surface area (Å²) in [5.41, 5.74) is 0. The summed E-state index contributed by atoms with van der Waals surface area (Å²) < 4.78 is 11.7. The van der Waals surface area contributed by atoms with Crippen molar-refractivity contribution in [2.24, 2.45) is 4.99 Å². The van der Waals surface area contributed by atoms with Crippen LogP contribution in [0.3, 0.4) is 0 Å². The Morgan fingerprint density at radius 3 is 2.71 bits per heavy atom. The van der Waals surface area contributed by atoms with Crippen LogP contribution in [-0.4, -0.2) is 53.0 Å². The van der Waals surface area contributed by atoms with Crippen molar-refractivity contribution in [1.29, 1.82) is 0 Å². The predicted molar refractivity (Wildman–Crippen MR) is 97.4 cm³/mol. The molecule has 1 aromatic heterocycles. The van der Waals surface area contributed by atoms with Gasteiger partial charge in [-0.15, -0.1) is 11.3 Å². The third kappa shape index (κ3) is 9.28. The molecule has 0 aliphatic carbocycles. The van der Waals surface area contributed by atoms with Crippen molar-refractivity contribution in [3.8, 4) is 0 Å². The van der Waals surface area contributed by atoms with E-state index in [1.54, 1.807) is 14.2 Å². The van der Waals surface area contributed by atoms with Crippen LogP contribution in [0.2, 0.25) is 0 Å². The lowest BCUT2D eigenvalue weighted by Crippen LogP contribution is -2.38. The van der Waals surface area contributed by atoms with E-state index in [2.05, 4.69) is 50.3 Å². The first kappa shape index (κ1) is 18.7. The summed E-state index contributed by atoms with van der Waals surface area (Å²) in [4.78, 5) is 5.60. The summed E-state index contributed by atoms with van der Waals surface area (Å²) in [6.07, 6.45) is 1.97. The normalized spacial score (nSPS) is 11.7. The molecule has 0 aliphatic rings. The second-order valence-electron chi connectivity index (χ2n) is 4.34. The molecule has 0 spiro atoms. The van der Waals surface area contributed by atoms with Gasteiger partial charge in [-0.2, -0.15) is 0 Å². The van der Waals surface area contributed by atoms with Crippen LogP contribution in [0.25, 0.3) is 0 Å². The number of halogens is 1. The van der Waals surface area contributed by atoms with E-state index in [9.17, 15) is 0 Å². The molecule has 0 radical (unpaired) electrons. The van der Waals surface area contributed by atoms with Crippen molar-refractivity contribution in [2.75, 3.05) is 47.1 Å². The molecule has 7 heteroatoms. The Hall–Kier alpha value is -0.380. The van der Waals surface area contributed by atoms with E-state index in [1.807, 2.05) is 11.3 Å². The van der Waals surface area contributed by atoms with E-state index in [-0.39, 0.29) is 0 Å². The molecule has 0 saturated heterocycles. The molecule has 0 aliphatic heterocycles. The smallest absolute Gasteiger partial charge is 0.190 e. The Kier molecular flexibility index (Phi) is 10.8. The number of guanidine groups is 1. The van der Waals surface area contributed by atoms with Gasteiger partial charge in [0.1, 0.15) is 0 Å².